The molecule has 0 aromatic heterocycles. The Bertz CT molecular complexity index is 279. The average Bonchev–Trinajstić information content (AvgIpc) is 2.30. The first-order valence-corrected chi connectivity index (χ1v) is 6.88. The Morgan fingerprint density at radius 3 is 2.69 bits per heavy atom. The summed E-state index contributed by atoms with van der Waals surface area (Å²) in [7, 11) is 1.75. The van der Waals surface area contributed by atoms with Gasteiger partial charge in [-0.1, -0.05) is 11.6 Å². The molecule has 0 saturated carbocycles. The Labute approximate surface area is 107 Å². The number of thioether (sulfide) groups is 1. The number of nitrogens with two attached hydrogens (primary N) is 1. The second-order valence-corrected chi connectivity index (χ2v) is 5.12. The molecule has 0 radical (unpaired) electrons. The molecule has 1 aromatic rings. The Kier molecular flexibility index (Phi) is 7.68. The van der Waals surface area contributed by atoms with Crippen LogP contribution in [0.3, 0.4) is 0 Å². The summed E-state index contributed by atoms with van der Waals surface area (Å²) >= 11 is 7.69. The molecule has 2 N–H and O–H groups in total. The van der Waals surface area contributed by atoms with E-state index in [-0.39, 0.29) is 0 Å². The maximum atomic E-state index is 5.82. The fourth-order valence-electron chi connectivity index (χ4n) is 1.31. The molecule has 0 amide bonds. The molecule has 0 aliphatic heterocycles. The maximum absolute atomic E-state index is 5.82. The SMILES string of the molecule is COCCC[NH2+]CCSc1ccc(Cl)cc1. The fourth-order valence-corrected chi connectivity index (χ4v) is 2.28. The fraction of sp³-hybridized carbons (Fsp3) is 0.500. The van der Waals surface area contributed by atoms with Crippen LogP contribution in [0, 0.1) is 0 Å². The number of methoxy groups -OCH3 is 1. The van der Waals surface area contributed by atoms with Gasteiger partial charge in [0, 0.05) is 29.2 Å². The van der Waals surface area contributed by atoms with Crippen LogP contribution >= 0.6 is 23.4 Å². The zero-order valence-corrected chi connectivity index (χ0v) is 11.2. The minimum atomic E-state index is 0.801. The van der Waals surface area contributed by atoms with Crippen molar-refractivity contribution >= 4 is 23.4 Å². The zero-order valence-electron chi connectivity index (χ0n) is 9.62. The first-order valence-electron chi connectivity index (χ1n) is 5.52. The summed E-state index contributed by atoms with van der Waals surface area (Å²) in [6, 6.07) is 8.01. The molecule has 1 aromatic carbocycles. The van der Waals surface area contributed by atoms with Gasteiger partial charge in [-0.2, -0.15) is 0 Å². The van der Waals surface area contributed by atoms with Gasteiger partial charge in [0.2, 0.25) is 0 Å². The molecular weight excluding hydrogens is 242 g/mol. The molecule has 0 saturated heterocycles. The number of ether oxygens (including phenoxy) is 1. The highest BCUT2D eigenvalue weighted by atomic mass is 35.5. The molecule has 90 valence electrons. The molecule has 0 aliphatic carbocycles. The van der Waals surface area contributed by atoms with Gasteiger partial charge in [0.05, 0.1) is 19.7 Å². The van der Waals surface area contributed by atoms with E-state index in [0.717, 1.165) is 36.9 Å². The summed E-state index contributed by atoms with van der Waals surface area (Å²) in [5.74, 6) is 1.13. The molecule has 4 heteroatoms. The van der Waals surface area contributed by atoms with Gasteiger partial charge >= 0.3 is 0 Å². The van der Waals surface area contributed by atoms with E-state index in [4.69, 9.17) is 16.3 Å². The van der Waals surface area contributed by atoms with E-state index in [1.54, 1.807) is 7.11 Å². The van der Waals surface area contributed by atoms with Crippen LogP contribution in [-0.4, -0.2) is 32.6 Å². The Morgan fingerprint density at radius 1 is 1.25 bits per heavy atom. The lowest BCUT2D eigenvalue weighted by Gasteiger charge is -2.02. The van der Waals surface area contributed by atoms with Gasteiger partial charge in [0.1, 0.15) is 0 Å². The lowest BCUT2D eigenvalue weighted by Crippen LogP contribution is -2.85. The number of rotatable bonds is 8. The summed E-state index contributed by atoms with van der Waals surface area (Å²) in [6.07, 6.45) is 1.13. The molecule has 0 spiro atoms. The molecule has 0 aliphatic rings. The van der Waals surface area contributed by atoms with Gasteiger partial charge in [-0.25, -0.2) is 0 Å². The number of quaternary nitrogens is 1. The quantitative estimate of drug-likeness (QED) is 0.572. The highest BCUT2D eigenvalue weighted by Gasteiger charge is 1.96. The predicted octanol–water partition coefficient (Wildman–Crippen LogP) is 2.03. The van der Waals surface area contributed by atoms with Crippen molar-refractivity contribution in [3.63, 3.8) is 0 Å². The van der Waals surface area contributed by atoms with Gasteiger partial charge in [-0.3, -0.25) is 0 Å². The molecule has 0 unspecified atom stereocenters. The van der Waals surface area contributed by atoms with E-state index < -0.39 is 0 Å². The van der Waals surface area contributed by atoms with Crippen molar-refractivity contribution in [1.29, 1.82) is 0 Å². The number of hydrogen-bond acceptors (Lipinski definition) is 2. The van der Waals surface area contributed by atoms with E-state index >= 15 is 0 Å². The predicted molar refractivity (Wildman–Crippen MR) is 70.3 cm³/mol. The second kappa shape index (κ2) is 8.88. The second-order valence-electron chi connectivity index (χ2n) is 3.51. The van der Waals surface area contributed by atoms with Gasteiger partial charge in [0.15, 0.2) is 0 Å². The average molecular weight is 261 g/mol. The number of halogens is 1. The van der Waals surface area contributed by atoms with E-state index in [9.17, 15) is 0 Å². The molecular formula is C12H19ClNOS+. The van der Waals surface area contributed by atoms with Crippen LogP contribution in [0.15, 0.2) is 29.2 Å². The molecule has 0 fully saturated rings. The van der Waals surface area contributed by atoms with E-state index in [2.05, 4.69) is 17.4 Å². The lowest BCUT2D eigenvalue weighted by molar-refractivity contribution is -0.651. The smallest absolute Gasteiger partial charge is 0.0850 e. The molecule has 0 atom stereocenters. The minimum Gasteiger partial charge on any atom is -0.384 e. The van der Waals surface area contributed by atoms with Crippen molar-refractivity contribution in [3.05, 3.63) is 29.3 Å². The Hall–Kier alpha value is -0.220. The monoisotopic (exact) mass is 260 g/mol. The molecule has 16 heavy (non-hydrogen) atoms. The van der Waals surface area contributed by atoms with Crippen LogP contribution in [0.2, 0.25) is 5.02 Å². The van der Waals surface area contributed by atoms with Crippen molar-refractivity contribution in [2.24, 2.45) is 0 Å². The first-order chi connectivity index (χ1) is 7.83. The molecule has 2 nitrogen and oxygen atoms in total. The Balaban J connectivity index is 2.01. The standard InChI is InChI=1S/C12H18ClNOS/c1-15-9-2-7-14-8-10-16-12-5-3-11(13)4-6-12/h3-6,14H,2,7-10H2,1H3/p+1. The van der Waals surface area contributed by atoms with Crippen LogP contribution in [-0.2, 0) is 4.74 Å². The van der Waals surface area contributed by atoms with E-state index in [1.807, 2.05) is 23.9 Å². The zero-order chi connectivity index (χ0) is 11.6. The normalized spacial score (nSPS) is 10.6. The van der Waals surface area contributed by atoms with E-state index in [0.29, 0.717) is 0 Å². The number of benzene rings is 1. The first kappa shape index (κ1) is 13.8. The third-order valence-corrected chi connectivity index (χ3v) is 3.46. The maximum Gasteiger partial charge on any atom is 0.0850 e. The van der Waals surface area contributed by atoms with Crippen LogP contribution in [0.5, 0.6) is 0 Å². The van der Waals surface area contributed by atoms with E-state index in [1.165, 1.54) is 4.90 Å². The Morgan fingerprint density at radius 2 is 2.00 bits per heavy atom. The van der Waals surface area contributed by atoms with Crippen LogP contribution in [0.1, 0.15) is 6.42 Å². The summed E-state index contributed by atoms with van der Waals surface area (Å²) in [6.45, 7) is 3.16. The summed E-state index contributed by atoms with van der Waals surface area (Å²) in [4.78, 5) is 1.29. The van der Waals surface area contributed by atoms with Crippen molar-refractivity contribution in [2.75, 3.05) is 32.6 Å². The number of hydrogen-bond donors (Lipinski definition) is 1. The third kappa shape index (κ3) is 6.38. The summed E-state index contributed by atoms with van der Waals surface area (Å²) in [5, 5.41) is 3.14. The van der Waals surface area contributed by atoms with Crippen molar-refractivity contribution in [2.45, 2.75) is 11.3 Å². The van der Waals surface area contributed by atoms with Gasteiger partial charge in [-0.15, -0.1) is 11.8 Å². The van der Waals surface area contributed by atoms with Gasteiger partial charge in [0.25, 0.3) is 0 Å². The van der Waals surface area contributed by atoms with Crippen LogP contribution in [0.25, 0.3) is 0 Å². The van der Waals surface area contributed by atoms with Crippen molar-refractivity contribution in [3.8, 4) is 0 Å². The minimum absolute atomic E-state index is 0.801. The lowest BCUT2D eigenvalue weighted by atomic mass is 10.4. The van der Waals surface area contributed by atoms with Crippen LogP contribution in [0.4, 0.5) is 0 Å². The highest BCUT2D eigenvalue weighted by molar-refractivity contribution is 7.99. The van der Waals surface area contributed by atoms with Gasteiger partial charge < -0.3 is 10.1 Å². The highest BCUT2D eigenvalue weighted by Crippen LogP contribution is 2.19. The molecule has 0 heterocycles. The topological polar surface area (TPSA) is 25.8 Å². The molecule has 1 rings (SSSR count). The third-order valence-electron chi connectivity index (χ3n) is 2.16. The van der Waals surface area contributed by atoms with Crippen molar-refractivity contribution < 1.29 is 10.1 Å². The molecule has 0 bridgehead atoms. The summed E-state index contributed by atoms with van der Waals surface area (Å²) in [5.41, 5.74) is 0. The summed E-state index contributed by atoms with van der Waals surface area (Å²) < 4.78 is 4.99. The van der Waals surface area contributed by atoms with Gasteiger partial charge in [-0.05, 0) is 24.3 Å². The van der Waals surface area contributed by atoms with Crippen molar-refractivity contribution in [1.82, 2.24) is 0 Å². The largest absolute Gasteiger partial charge is 0.384 e. The van der Waals surface area contributed by atoms with Crippen LogP contribution < -0.4 is 5.32 Å².